The van der Waals surface area contributed by atoms with Gasteiger partial charge in [-0.25, -0.2) is 19.2 Å². The highest BCUT2D eigenvalue weighted by molar-refractivity contribution is 9.08. The molecule has 82 heavy (non-hydrogen) atoms. The highest BCUT2D eigenvalue weighted by Crippen LogP contribution is 2.45. The van der Waals surface area contributed by atoms with Gasteiger partial charge in [-0.2, -0.15) is 0 Å². The standard InChI is InChI=1S/C28H38N2O3.C21H32N2O3.C10H18O5.C7H7Br/c1-21-18-29-14-15-30(26(31)33-27(2,3)4)19-24(29)17-28(21,5)23-12-9-13-25(16-23)32-20-22-10-7-6-8-11-22;1-15-13-22-9-10-23(19(25)26-20(2,3)4)14-17(22)12-21(15,5)16-7-6-8-18(24)11-16;1-9(2,3)14-7(11)13-8(12)15-10(4,5)6;8-6-7-4-2-1-3-5-7/h6-13,16,21,24H,14-15,17-20H2,1-5H3;6-8,11,15,17,24H,9-10,12-14H2,1-5H3;1-6H3;1-5H,6H2/t21-,24+,28+;15-,17+,21+;;/m00../s1. The first-order valence-electron chi connectivity index (χ1n) is 28.9. The van der Waals surface area contributed by atoms with Crippen molar-refractivity contribution in [2.24, 2.45) is 11.8 Å². The zero-order valence-electron chi connectivity index (χ0n) is 51.9. The summed E-state index contributed by atoms with van der Waals surface area (Å²) in [5.74, 6) is 2.21. The first-order valence-corrected chi connectivity index (χ1v) is 30.0. The Labute approximate surface area is 498 Å². The molecule has 0 aromatic heterocycles. The van der Waals surface area contributed by atoms with Crippen molar-refractivity contribution >= 4 is 40.4 Å². The number of amides is 2. The van der Waals surface area contributed by atoms with Gasteiger partial charge in [-0.3, -0.25) is 9.80 Å². The molecule has 4 saturated heterocycles. The average molecular weight is 1200 g/mol. The van der Waals surface area contributed by atoms with Crippen molar-refractivity contribution in [2.45, 2.75) is 181 Å². The first-order chi connectivity index (χ1) is 38.1. The molecule has 452 valence electrons. The lowest BCUT2D eigenvalue weighted by molar-refractivity contribution is -0.0296. The molecule has 4 aromatic carbocycles. The third kappa shape index (κ3) is 21.1. The van der Waals surface area contributed by atoms with Crippen LogP contribution in [0.1, 0.15) is 146 Å². The van der Waals surface area contributed by atoms with Crippen LogP contribution in [0.25, 0.3) is 0 Å². The van der Waals surface area contributed by atoms with Crippen LogP contribution in [0.2, 0.25) is 0 Å². The maximum absolute atomic E-state index is 12.7. The monoisotopic (exact) mass is 1200 g/mol. The molecule has 6 atom stereocenters. The summed E-state index contributed by atoms with van der Waals surface area (Å²) >= 11 is 3.36. The number of piperidine rings is 2. The molecule has 0 spiro atoms. The van der Waals surface area contributed by atoms with Gasteiger partial charge in [0.1, 0.15) is 40.5 Å². The molecule has 0 aliphatic carbocycles. The second-order valence-corrected chi connectivity index (χ2v) is 27.3. The Hall–Kier alpha value is -5.84. The lowest BCUT2D eigenvalue weighted by Crippen LogP contribution is -2.62. The Morgan fingerprint density at radius 1 is 0.524 bits per heavy atom. The van der Waals surface area contributed by atoms with E-state index in [4.69, 9.17) is 23.7 Å². The van der Waals surface area contributed by atoms with Crippen LogP contribution in [-0.2, 0) is 46.5 Å². The Bertz CT molecular complexity index is 2660. The van der Waals surface area contributed by atoms with Crippen molar-refractivity contribution in [3.8, 4) is 11.5 Å². The van der Waals surface area contributed by atoms with Gasteiger partial charge < -0.3 is 43.3 Å². The molecule has 15 nitrogen and oxygen atoms in total. The molecular weight excluding hydrogens is 1100 g/mol. The lowest BCUT2D eigenvalue weighted by Gasteiger charge is -2.53. The zero-order valence-corrected chi connectivity index (χ0v) is 53.5. The number of phenolic OH excluding ortho intramolecular Hbond substituents is 1. The van der Waals surface area contributed by atoms with Gasteiger partial charge >= 0.3 is 24.5 Å². The molecule has 4 aromatic rings. The van der Waals surface area contributed by atoms with Crippen molar-refractivity contribution in [1.82, 2.24) is 19.6 Å². The molecule has 0 saturated carbocycles. The van der Waals surface area contributed by atoms with Crippen LogP contribution in [0.3, 0.4) is 0 Å². The molecule has 1 N–H and O–H groups in total. The average Bonchev–Trinajstić information content (AvgIpc) is 3.53. The topological polar surface area (TPSA) is 157 Å². The molecule has 4 heterocycles. The molecule has 8 rings (SSSR count). The smallest absolute Gasteiger partial charge is 0.508 e. The van der Waals surface area contributed by atoms with Crippen molar-refractivity contribution in [3.05, 3.63) is 131 Å². The van der Waals surface area contributed by atoms with E-state index < -0.39 is 34.7 Å². The number of halogens is 1. The number of alkyl halides is 1. The summed E-state index contributed by atoms with van der Waals surface area (Å²) in [5, 5.41) is 10.9. The number of phenols is 1. The van der Waals surface area contributed by atoms with E-state index in [0.717, 1.165) is 69.7 Å². The zero-order chi connectivity index (χ0) is 60.8. The molecule has 0 unspecified atom stereocenters. The van der Waals surface area contributed by atoms with Crippen LogP contribution >= 0.6 is 15.9 Å². The third-order valence-corrected chi connectivity index (χ3v) is 15.9. The van der Waals surface area contributed by atoms with Gasteiger partial charge in [-0.15, -0.1) is 0 Å². The fourth-order valence-electron chi connectivity index (χ4n) is 10.7. The van der Waals surface area contributed by atoms with Gasteiger partial charge in [0.25, 0.3) is 0 Å². The SMILES string of the molecule is BrCc1ccccc1.CC(C)(C)OC(=O)OC(=O)OC(C)(C)C.C[C@H]1CN2CCN(C(=O)OC(C)(C)C)C[C@H]2C[C@@]1(C)c1cccc(O)c1.C[C@H]1CN2CCN(C(=O)OC(C)(C)C)C[C@H]2C[C@@]1(C)c1cccc(OCc2ccccc2)c1. The summed E-state index contributed by atoms with van der Waals surface area (Å²) in [7, 11) is 0. The summed E-state index contributed by atoms with van der Waals surface area (Å²) in [4.78, 5) is 56.0. The Morgan fingerprint density at radius 3 is 1.32 bits per heavy atom. The minimum absolute atomic E-state index is 0.0170. The van der Waals surface area contributed by atoms with E-state index in [2.05, 4.69) is 107 Å². The van der Waals surface area contributed by atoms with Gasteiger partial charge in [-0.1, -0.05) is 129 Å². The summed E-state index contributed by atoms with van der Waals surface area (Å²) in [6.45, 7) is 38.1. The number of piperazine rings is 2. The molecular formula is C66H95BrN4O11. The normalized spacial score (nSPS) is 23.0. The maximum Gasteiger partial charge on any atom is 0.519 e. The summed E-state index contributed by atoms with van der Waals surface area (Å²) in [6, 6.07) is 37.4. The van der Waals surface area contributed by atoms with Gasteiger partial charge in [-0.05, 0) is 165 Å². The van der Waals surface area contributed by atoms with E-state index >= 15 is 0 Å². The molecule has 2 amide bonds. The van der Waals surface area contributed by atoms with Gasteiger partial charge in [0.15, 0.2) is 0 Å². The van der Waals surface area contributed by atoms with E-state index in [1.54, 1.807) is 47.6 Å². The largest absolute Gasteiger partial charge is 0.519 e. The second-order valence-electron chi connectivity index (χ2n) is 26.7. The number of benzene rings is 4. The number of rotatable bonds is 6. The molecule has 0 radical (unpaired) electrons. The highest BCUT2D eigenvalue weighted by atomic mass is 79.9. The van der Waals surface area contributed by atoms with Gasteiger partial charge in [0.05, 0.1) is 0 Å². The lowest BCUT2D eigenvalue weighted by atomic mass is 9.65. The Morgan fingerprint density at radius 2 is 0.927 bits per heavy atom. The van der Waals surface area contributed by atoms with Gasteiger partial charge in [0.2, 0.25) is 0 Å². The number of nitrogens with zero attached hydrogens (tertiary/aromatic N) is 4. The van der Waals surface area contributed by atoms with Crippen LogP contribution < -0.4 is 4.74 Å². The molecule has 0 bridgehead atoms. The van der Waals surface area contributed by atoms with E-state index in [9.17, 15) is 24.3 Å². The number of ether oxygens (including phenoxy) is 6. The van der Waals surface area contributed by atoms with E-state index in [0.29, 0.717) is 42.8 Å². The van der Waals surface area contributed by atoms with Crippen molar-refractivity contribution in [1.29, 1.82) is 0 Å². The van der Waals surface area contributed by atoms with Crippen LogP contribution in [0.5, 0.6) is 11.5 Å². The number of hydrogen-bond acceptors (Lipinski definition) is 13. The number of aromatic hydroxyl groups is 1. The van der Waals surface area contributed by atoms with E-state index in [1.807, 2.05) is 106 Å². The third-order valence-electron chi connectivity index (χ3n) is 15.2. The van der Waals surface area contributed by atoms with Crippen LogP contribution in [0.4, 0.5) is 19.2 Å². The highest BCUT2D eigenvalue weighted by Gasteiger charge is 2.47. The fraction of sp³-hybridized carbons (Fsp3) is 0.576. The quantitative estimate of drug-likeness (QED) is 0.0843. The van der Waals surface area contributed by atoms with Crippen molar-refractivity contribution in [2.75, 3.05) is 52.4 Å². The fourth-order valence-corrected chi connectivity index (χ4v) is 11.0. The van der Waals surface area contributed by atoms with Crippen LogP contribution in [0.15, 0.2) is 109 Å². The van der Waals surface area contributed by atoms with Crippen molar-refractivity contribution < 1.29 is 52.7 Å². The molecule has 16 heteroatoms. The van der Waals surface area contributed by atoms with E-state index in [-0.39, 0.29) is 23.0 Å². The predicted molar refractivity (Wildman–Crippen MR) is 327 cm³/mol. The molecule has 4 fully saturated rings. The Balaban J connectivity index is 0.000000222. The predicted octanol–water partition coefficient (Wildman–Crippen LogP) is 14.6. The summed E-state index contributed by atoms with van der Waals surface area (Å²) in [5.41, 5.74) is 2.66. The minimum atomic E-state index is -1.06. The molecule has 4 aliphatic heterocycles. The number of carbonyl (C=O) groups excluding carboxylic acids is 4. The van der Waals surface area contributed by atoms with E-state index in [1.165, 1.54) is 22.3 Å². The maximum atomic E-state index is 12.7. The van der Waals surface area contributed by atoms with Crippen LogP contribution in [-0.4, -0.2) is 136 Å². The number of hydrogen-bond donors (Lipinski definition) is 1. The minimum Gasteiger partial charge on any atom is -0.508 e. The number of carbonyl (C=O) groups is 4. The second kappa shape index (κ2) is 28.6. The summed E-state index contributed by atoms with van der Waals surface area (Å²) < 4.78 is 31.1. The summed E-state index contributed by atoms with van der Waals surface area (Å²) in [6.07, 6.45) is -0.547. The van der Waals surface area contributed by atoms with Crippen LogP contribution in [0, 0.1) is 11.8 Å². The first kappa shape index (κ1) is 67.0. The van der Waals surface area contributed by atoms with Crippen molar-refractivity contribution in [3.63, 3.8) is 0 Å². The molecule has 4 aliphatic rings. The van der Waals surface area contributed by atoms with Gasteiger partial charge in [0, 0.05) is 69.8 Å². The number of fused-ring (bicyclic) bond motifs is 2. The Kier molecular flexibility index (Phi) is 23.4.